The summed E-state index contributed by atoms with van der Waals surface area (Å²) < 4.78 is 66.1. The highest BCUT2D eigenvalue weighted by Gasteiger charge is 2.26. The Kier molecular flexibility index (Phi) is 4.45. The van der Waals surface area contributed by atoms with E-state index in [2.05, 4.69) is 5.32 Å². The van der Waals surface area contributed by atoms with Crippen molar-refractivity contribution in [2.75, 3.05) is 5.32 Å². The van der Waals surface area contributed by atoms with Crippen LogP contribution in [-0.2, 0) is 6.42 Å². The minimum absolute atomic E-state index is 0.375. The van der Waals surface area contributed by atoms with Crippen LogP contribution in [0.3, 0.4) is 0 Å². The van der Waals surface area contributed by atoms with Crippen LogP contribution in [0.4, 0.5) is 27.6 Å². The van der Waals surface area contributed by atoms with E-state index in [4.69, 9.17) is 0 Å². The minimum Gasteiger partial charge on any atom is -0.377 e. The second kappa shape index (κ2) is 6.11. The van der Waals surface area contributed by atoms with Crippen LogP contribution in [0.2, 0.25) is 0 Å². The van der Waals surface area contributed by atoms with Crippen molar-refractivity contribution in [1.29, 1.82) is 0 Å². The van der Waals surface area contributed by atoms with Gasteiger partial charge in [-0.1, -0.05) is 30.3 Å². The molecule has 2 rings (SSSR count). The van der Waals surface area contributed by atoms with Gasteiger partial charge in [-0.05, 0) is 18.9 Å². The molecule has 0 saturated carbocycles. The highest BCUT2D eigenvalue weighted by atomic mass is 19.2. The summed E-state index contributed by atoms with van der Waals surface area (Å²) in [6.45, 7) is 1.59. The molecule has 1 N–H and O–H groups in total. The van der Waals surface area contributed by atoms with Gasteiger partial charge in [-0.3, -0.25) is 0 Å². The van der Waals surface area contributed by atoms with Gasteiger partial charge in [0.15, 0.2) is 23.3 Å². The zero-order valence-electron chi connectivity index (χ0n) is 11.1. The number of nitrogens with one attached hydrogen (secondary N) is 1. The first kappa shape index (κ1) is 15.3. The maximum absolute atomic E-state index is 13.5. The lowest BCUT2D eigenvalue weighted by Crippen LogP contribution is -2.21. The van der Waals surface area contributed by atoms with Gasteiger partial charge < -0.3 is 5.32 Å². The Labute approximate surface area is 118 Å². The molecule has 0 heterocycles. The van der Waals surface area contributed by atoms with Crippen LogP contribution < -0.4 is 5.32 Å². The fourth-order valence-corrected chi connectivity index (χ4v) is 2.00. The normalized spacial score (nSPS) is 12.3. The van der Waals surface area contributed by atoms with Crippen molar-refractivity contribution in [3.63, 3.8) is 0 Å². The van der Waals surface area contributed by atoms with Crippen LogP contribution >= 0.6 is 0 Å². The van der Waals surface area contributed by atoms with Gasteiger partial charge in [0.25, 0.3) is 0 Å². The van der Waals surface area contributed by atoms with Gasteiger partial charge in [-0.15, -0.1) is 0 Å². The van der Waals surface area contributed by atoms with Gasteiger partial charge in [0, 0.05) is 6.04 Å². The second-order valence-corrected chi connectivity index (χ2v) is 4.68. The molecule has 2 aromatic carbocycles. The summed E-state index contributed by atoms with van der Waals surface area (Å²) in [6, 6.07) is 8.49. The van der Waals surface area contributed by atoms with Crippen LogP contribution in [0.5, 0.6) is 0 Å². The molecule has 0 fully saturated rings. The lowest BCUT2D eigenvalue weighted by Gasteiger charge is -2.17. The molecule has 0 radical (unpaired) electrons. The average Bonchev–Trinajstić information content (AvgIpc) is 2.48. The molecule has 0 aliphatic carbocycles. The molecule has 0 aromatic heterocycles. The first-order valence-electron chi connectivity index (χ1n) is 6.23. The Morgan fingerprint density at radius 2 is 1.29 bits per heavy atom. The lowest BCUT2D eigenvalue weighted by molar-refractivity contribution is 0.380. The maximum atomic E-state index is 13.5. The summed E-state index contributed by atoms with van der Waals surface area (Å²) in [6.07, 6.45) is 0.375. The van der Waals surface area contributed by atoms with Crippen LogP contribution in [0.1, 0.15) is 12.5 Å². The SMILES string of the molecule is CC(Cc1ccccc1)Nc1c(F)c(F)c(F)c(F)c1F. The maximum Gasteiger partial charge on any atom is 0.200 e. The molecular weight excluding hydrogens is 289 g/mol. The topological polar surface area (TPSA) is 12.0 Å². The predicted molar refractivity (Wildman–Crippen MR) is 69.5 cm³/mol. The molecule has 6 heteroatoms. The second-order valence-electron chi connectivity index (χ2n) is 4.68. The summed E-state index contributed by atoms with van der Waals surface area (Å²) in [5.74, 6) is -9.78. The Morgan fingerprint density at radius 1 is 0.810 bits per heavy atom. The molecule has 0 aliphatic heterocycles. The average molecular weight is 301 g/mol. The van der Waals surface area contributed by atoms with E-state index in [0.717, 1.165) is 5.56 Å². The molecule has 1 unspecified atom stereocenters. The van der Waals surface area contributed by atoms with Gasteiger partial charge in [0.05, 0.1) is 0 Å². The molecule has 0 saturated heterocycles. The highest BCUT2D eigenvalue weighted by Crippen LogP contribution is 2.27. The van der Waals surface area contributed by atoms with Crippen LogP contribution in [0.15, 0.2) is 30.3 Å². The third-order valence-corrected chi connectivity index (χ3v) is 2.99. The van der Waals surface area contributed by atoms with E-state index < -0.39 is 40.8 Å². The van der Waals surface area contributed by atoms with Crippen molar-refractivity contribution in [1.82, 2.24) is 0 Å². The van der Waals surface area contributed by atoms with Crippen LogP contribution in [0.25, 0.3) is 0 Å². The standard InChI is InChI=1S/C15H12F5N/c1-8(7-9-5-3-2-4-6-9)21-15-13(19)11(17)10(16)12(18)14(15)20/h2-6,8,21H,7H2,1H3. The molecule has 0 spiro atoms. The van der Waals surface area contributed by atoms with E-state index in [-0.39, 0.29) is 0 Å². The van der Waals surface area contributed by atoms with E-state index in [1.54, 1.807) is 31.2 Å². The summed E-state index contributed by atoms with van der Waals surface area (Å²) in [4.78, 5) is 0. The molecule has 21 heavy (non-hydrogen) atoms. The molecule has 0 bridgehead atoms. The van der Waals surface area contributed by atoms with Gasteiger partial charge in [0.2, 0.25) is 5.82 Å². The zero-order valence-corrected chi connectivity index (χ0v) is 11.1. The summed E-state index contributed by atoms with van der Waals surface area (Å²) >= 11 is 0. The molecule has 0 amide bonds. The third kappa shape index (κ3) is 3.15. The quantitative estimate of drug-likeness (QED) is 0.500. The van der Waals surface area contributed by atoms with Gasteiger partial charge in [-0.2, -0.15) is 0 Å². The Balaban J connectivity index is 2.24. The number of halogens is 5. The summed E-state index contributed by atoms with van der Waals surface area (Å²) in [7, 11) is 0. The molecule has 1 atom stereocenters. The van der Waals surface area contributed by atoms with E-state index in [9.17, 15) is 22.0 Å². The summed E-state index contributed by atoms with van der Waals surface area (Å²) in [5.41, 5.74) is -0.129. The first-order chi connectivity index (χ1) is 9.91. The minimum atomic E-state index is -2.16. The Morgan fingerprint density at radius 3 is 1.81 bits per heavy atom. The molecule has 0 aliphatic rings. The van der Waals surface area contributed by atoms with Crippen molar-refractivity contribution in [2.45, 2.75) is 19.4 Å². The fourth-order valence-electron chi connectivity index (χ4n) is 2.00. The van der Waals surface area contributed by atoms with Crippen molar-refractivity contribution >= 4 is 5.69 Å². The van der Waals surface area contributed by atoms with Crippen molar-refractivity contribution in [3.8, 4) is 0 Å². The van der Waals surface area contributed by atoms with E-state index in [1.165, 1.54) is 0 Å². The van der Waals surface area contributed by atoms with Gasteiger partial charge in [0.1, 0.15) is 5.69 Å². The number of hydrogen-bond acceptors (Lipinski definition) is 1. The predicted octanol–water partition coefficient (Wildman–Crippen LogP) is 4.43. The molecule has 1 nitrogen and oxygen atoms in total. The Hall–Kier alpha value is -2.11. The van der Waals surface area contributed by atoms with Gasteiger partial charge in [-0.25, -0.2) is 22.0 Å². The van der Waals surface area contributed by atoms with Crippen LogP contribution in [-0.4, -0.2) is 6.04 Å². The molecule has 112 valence electrons. The number of rotatable bonds is 4. The number of hydrogen-bond donors (Lipinski definition) is 1. The van der Waals surface area contributed by atoms with E-state index in [1.807, 2.05) is 6.07 Å². The zero-order chi connectivity index (χ0) is 15.6. The lowest BCUT2D eigenvalue weighted by atomic mass is 10.1. The fraction of sp³-hybridized carbons (Fsp3) is 0.200. The van der Waals surface area contributed by atoms with Crippen molar-refractivity contribution in [3.05, 3.63) is 65.0 Å². The van der Waals surface area contributed by atoms with E-state index >= 15 is 0 Å². The smallest absolute Gasteiger partial charge is 0.200 e. The van der Waals surface area contributed by atoms with Crippen LogP contribution in [0, 0.1) is 29.1 Å². The van der Waals surface area contributed by atoms with Crippen molar-refractivity contribution in [2.24, 2.45) is 0 Å². The number of anilines is 1. The monoisotopic (exact) mass is 301 g/mol. The number of benzene rings is 2. The molecular formula is C15H12F5N. The third-order valence-electron chi connectivity index (χ3n) is 2.99. The molecule has 2 aromatic rings. The summed E-state index contributed by atoms with van der Waals surface area (Å²) in [5, 5.41) is 2.34. The highest BCUT2D eigenvalue weighted by molar-refractivity contribution is 5.48. The Bertz CT molecular complexity index is 613. The largest absolute Gasteiger partial charge is 0.377 e. The van der Waals surface area contributed by atoms with Gasteiger partial charge >= 0.3 is 0 Å². The first-order valence-corrected chi connectivity index (χ1v) is 6.23. The van der Waals surface area contributed by atoms with E-state index in [0.29, 0.717) is 6.42 Å². The van der Waals surface area contributed by atoms with Crippen molar-refractivity contribution < 1.29 is 22.0 Å².